The molecule has 0 bridgehead atoms. The maximum atomic E-state index is 10.5. The molecule has 10 N–H and O–H groups in total. The van der Waals surface area contributed by atoms with Crippen LogP contribution in [-0.4, -0.2) is 84.9 Å². The van der Waals surface area contributed by atoms with Gasteiger partial charge in [0.1, 0.15) is 23.9 Å². The molecule has 20 nitrogen and oxygen atoms in total. The average Bonchev–Trinajstić information content (AvgIpc) is 0.891. The summed E-state index contributed by atoms with van der Waals surface area (Å²) in [6.45, 7) is 37.7. The van der Waals surface area contributed by atoms with Crippen LogP contribution in [0.4, 0.5) is 98.2 Å². The number of benzene rings is 8. The molecule has 8 aromatic carbocycles. The van der Waals surface area contributed by atoms with Gasteiger partial charge < -0.3 is 103 Å². The molecule has 0 aliphatic carbocycles. The summed E-state index contributed by atoms with van der Waals surface area (Å²) in [5.74, 6) is -12.0. The van der Waals surface area contributed by atoms with E-state index < -0.39 is 48.6 Å². The zero-order chi connectivity index (χ0) is 84.5. The van der Waals surface area contributed by atoms with Crippen LogP contribution in [0.2, 0.25) is 0 Å². The van der Waals surface area contributed by atoms with Crippen molar-refractivity contribution in [1.82, 2.24) is 0 Å². The number of aliphatic imine (C=N–C) groups is 4. The van der Waals surface area contributed by atoms with Crippen LogP contribution < -0.4 is 20.4 Å². The van der Waals surface area contributed by atoms with E-state index in [1.165, 1.54) is 115 Å². The fraction of sp³-hybridized carbons (Fsp3) is 0.317. The van der Waals surface area contributed by atoms with E-state index in [9.17, 15) is 52.7 Å². The molecule has 0 aliphatic rings. The standard InChI is InChI=1S/4C17H19N2.C6H14.4C2HF3O2.4H2O.4Rh/c4*1-12-5-13(2)8-16(7-12)18-11-19-17-9-14(3)6-15(4)10-17;1-3-5-6-4-2;4*3-2(4,5)1(6)7;;;;;;;;/h4*5-11H,1-4H3;3-6H2,1-2H3;4*(H,6,7);4*1H2;;;;/q4*-1;;;;;;;;;;4*+2/p-2. The Labute approximate surface area is 732 Å². The van der Waals surface area contributed by atoms with E-state index in [1.807, 2.05) is 0 Å². The van der Waals surface area contributed by atoms with Gasteiger partial charge in [0.2, 0.25) is 0 Å². The van der Waals surface area contributed by atoms with E-state index in [0.29, 0.717) is 0 Å². The first kappa shape index (κ1) is 127. The number of nitrogens with zero attached hydrogens (tertiary/aromatic N) is 8. The Hall–Kier alpha value is -8.99. The van der Waals surface area contributed by atoms with Crippen LogP contribution in [-0.2, 0) is 108 Å². The number of unbranched alkanes of at least 4 members (excludes halogenated alkanes) is 3. The number of hydrogen-bond acceptors (Lipinski definition) is 12. The van der Waals surface area contributed by atoms with Crippen molar-refractivity contribution in [3.05, 3.63) is 256 Å². The molecular formula is C82H100F12N8O12Rh4+2. The summed E-state index contributed by atoms with van der Waals surface area (Å²) >= 11 is 0. The minimum atomic E-state index is -5.19. The zero-order valence-corrected chi connectivity index (χ0v) is 74.4. The zero-order valence-electron chi connectivity index (χ0n) is 67.9. The number of rotatable bonds is 15. The van der Waals surface area contributed by atoms with Crippen molar-refractivity contribution in [2.75, 3.05) is 0 Å². The van der Waals surface area contributed by atoms with Crippen molar-refractivity contribution in [2.45, 2.75) is 175 Å². The molecule has 0 spiro atoms. The molecule has 36 heteroatoms. The smallest absolute Gasteiger partial charge is 0.542 e. The van der Waals surface area contributed by atoms with Gasteiger partial charge in [0, 0.05) is 0 Å². The van der Waals surface area contributed by atoms with Crippen LogP contribution in [0.25, 0.3) is 21.3 Å². The molecule has 0 saturated carbocycles. The van der Waals surface area contributed by atoms with Gasteiger partial charge in [-0.25, -0.2) is 0 Å². The number of aryl methyl sites for hydroxylation is 16. The van der Waals surface area contributed by atoms with Crippen molar-refractivity contribution in [1.29, 1.82) is 0 Å². The van der Waals surface area contributed by atoms with E-state index >= 15 is 0 Å². The van der Waals surface area contributed by atoms with E-state index in [4.69, 9.17) is 39.6 Å². The topological polar surface area (TPSA) is 395 Å². The molecule has 0 aliphatic heterocycles. The SMILES string of the molecule is CCCCCC.Cc1cc(C)cc(N=C[N-]c2cc(C)cc(C)c2)c1.Cc1cc(C)cc(N=C[N-]c2cc(C)cc(C)c2)c1.Cc1cc(C)cc(N=C[N-]c2cc(C)cc(C)c2)c1.Cc1cc(C)cc(N=C[N-]c2cc(C)cc(C)c2)c1.O.O.O=C([O-])C(F)(F)F.O=C([O-])C(F)(F)F.O=C([O-])C(F)(F)F.O=C([O-])C(F)(F)F.[OH3+].[OH3+].[Rh+2].[Rh+2].[Rh+2].[Rh+2]. The fourth-order valence-corrected chi connectivity index (χ4v) is 9.35. The predicted molar refractivity (Wildman–Crippen MR) is 423 cm³/mol. The summed E-state index contributed by atoms with van der Waals surface area (Å²) in [5, 5.41) is 52.7. The minimum absolute atomic E-state index is 0. The Morgan fingerprint density at radius 2 is 0.364 bits per heavy atom. The van der Waals surface area contributed by atoms with Gasteiger partial charge in [-0.05, 0) is 156 Å². The maximum Gasteiger partial charge on any atom is 2.00 e. The molecule has 0 saturated heterocycles. The summed E-state index contributed by atoms with van der Waals surface area (Å²) in [4.78, 5) is 52.7. The molecule has 658 valence electrons. The third-order valence-electron chi connectivity index (χ3n) is 13.2. The van der Waals surface area contributed by atoms with Gasteiger partial charge in [0.15, 0.2) is 0 Å². The summed E-state index contributed by atoms with van der Waals surface area (Å²) in [6.07, 6.45) is -8.73. The molecule has 0 amide bonds. The summed E-state index contributed by atoms with van der Waals surface area (Å²) < 4.78 is 126. The van der Waals surface area contributed by atoms with E-state index in [-0.39, 0.29) is 99.8 Å². The van der Waals surface area contributed by atoms with E-state index in [1.54, 1.807) is 25.4 Å². The van der Waals surface area contributed by atoms with Gasteiger partial charge in [-0.2, -0.15) is 52.7 Å². The van der Waals surface area contributed by atoms with Crippen LogP contribution in [0, 0.1) is 111 Å². The number of aliphatic carboxylic acids is 4. The average molecular weight is 2030 g/mol. The van der Waals surface area contributed by atoms with Gasteiger partial charge >= 0.3 is 103 Å². The summed E-state index contributed by atoms with van der Waals surface area (Å²) in [6, 6.07) is 50.0. The number of carboxylic acids is 4. The van der Waals surface area contributed by atoms with Gasteiger partial charge in [-0.1, -0.05) is 299 Å². The first-order valence-electron chi connectivity index (χ1n) is 33.5. The second kappa shape index (κ2) is 64.0. The molecule has 0 unspecified atom stereocenters. The monoisotopic (exact) mass is 2030 g/mol. The van der Waals surface area contributed by atoms with Crippen LogP contribution >= 0.6 is 0 Å². The van der Waals surface area contributed by atoms with Crippen molar-refractivity contribution in [3.8, 4) is 0 Å². The molecule has 0 fully saturated rings. The van der Waals surface area contributed by atoms with Crippen molar-refractivity contribution >= 4 is 94.7 Å². The normalized spacial score (nSPS) is 10.2. The van der Waals surface area contributed by atoms with Gasteiger partial charge in [-0.3, -0.25) is 0 Å². The molecule has 8 rings (SSSR count). The van der Waals surface area contributed by atoms with Gasteiger partial charge in [-0.15, -0.1) is 0 Å². The molecular weight excluding hydrogens is 1930 g/mol. The Bertz CT molecular complexity index is 3690. The molecule has 118 heavy (non-hydrogen) atoms. The Balaban J connectivity index is -0.000000166. The maximum absolute atomic E-state index is 10.5. The molecule has 0 heterocycles. The van der Waals surface area contributed by atoms with Gasteiger partial charge in [0.05, 0.1) is 0 Å². The van der Waals surface area contributed by atoms with E-state index in [0.717, 1.165) is 45.5 Å². The van der Waals surface area contributed by atoms with Crippen LogP contribution in [0.3, 0.4) is 0 Å². The number of carbonyl (C=O) groups excluding carboxylic acids is 4. The summed E-state index contributed by atoms with van der Waals surface area (Å²) in [7, 11) is 0. The molecule has 4 radical (unpaired) electrons. The number of carboxylic acid groups (broad SMARTS) is 4. The first-order valence-corrected chi connectivity index (χ1v) is 33.5. The largest absolute Gasteiger partial charge is 2.00 e. The Kier molecular flexibility index (Phi) is 69.0. The third kappa shape index (κ3) is 63.1. The van der Waals surface area contributed by atoms with Crippen molar-refractivity contribution < 1.29 is 192 Å². The second-order valence-electron chi connectivity index (χ2n) is 25.1. The summed E-state index contributed by atoms with van der Waals surface area (Å²) in [5.41, 5.74) is 27.1. The van der Waals surface area contributed by atoms with E-state index in [2.05, 4.69) is 311 Å². The number of carbonyl (C=O) groups is 4. The van der Waals surface area contributed by atoms with Crippen molar-refractivity contribution in [2.24, 2.45) is 20.0 Å². The fourth-order valence-electron chi connectivity index (χ4n) is 9.35. The molecule has 0 atom stereocenters. The number of hydrogen-bond donors (Lipinski definition) is 0. The number of alkyl halides is 12. The number of halogens is 12. The third-order valence-corrected chi connectivity index (χ3v) is 13.2. The van der Waals surface area contributed by atoms with Crippen LogP contribution in [0.1, 0.15) is 129 Å². The van der Waals surface area contributed by atoms with Gasteiger partial charge in [0.25, 0.3) is 0 Å². The van der Waals surface area contributed by atoms with Crippen molar-refractivity contribution in [3.63, 3.8) is 0 Å². The quantitative estimate of drug-likeness (QED) is 0.0236. The Morgan fingerprint density at radius 1 is 0.263 bits per heavy atom. The predicted octanol–water partition coefficient (Wildman–Crippen LogP) is 17.4. The molecule has 0 aromatic heterocycles. The Morgan fingerprint density at radius 3 is 0.458 bits per heavy atom. The minimum Gasteiger partial charge on any atom is -0.542 e. The first-order chi connectivity index (χ1) is 50.8. The molecule has 8 aromatic rings. The van der Waals surface area contributed by atoms with Crippen LogP contribution in [0.15, 0.2) is 166 Å². The van der Waals surface area contributed by atoms with Crippen LogP contribution in [0.5, 0.6) is 0 Å². The second-order valence-corrected chi connectivity index (χ2v) is 25.1.